The first-order valence-electron chi connectivity index (χ1n) is 11.3. The Bertz CT molecular complexity index is 784. The SMILES string of the molecule is CC(C)C[C@H](N)C(=O)NS(=O)(=O)Cc1ccccc1CNC(C)CC1CCCCC1.Cl.Cl. The van der Waals surface area contributed by atoms with E-state index in [1.807, 2.05) is 32.0 Å². The number of halogens is 2. The molecule has 32 heavy (non-hydrogen) atoms. The van der Waals surface area contributed by atoms with Crippen LogP contribution >= 0.6 is 24.8 Å². The Balaban J connectivity index is 0.00000480. The van der Waals surface area contributed by atoms with Crippen LogP contribution in [-0.4, -0.2) is 26.4 Å². The molecule has 6 nitrogen and oxygen atoms in total. The topological polar surface area (TPSA) is 101 Å². The van der Waals surface area contributed by atoms with Crippen molar-refractivity contribution in [1.29, 1.82) is 0 Å². The Labute approximate surface area is 206 Å². The van der Waals surface area contributed by atoms with Crippen LogP contribution in [0.5, 0.6) is 0 Å². The number of sulfonamides is 1. The van der Waals surface area contributed by atoms with Crippen LogP contribution in [-0.2, 0) is 27.1 Å². The highest BCUT2D eigenvalue weighted by molar-refractivity contribution is 7.89. The molecular formula is C23H41Cl2N3O3S. The van der Waals surface area contributed by atoms with Crippen LogP contribution in [0.15, 0.2) is 24.3 Å². The molecule has 2 atom stereocenters. The van der Waals surface area contributed by atoms with Gasteiger partial charge in [-0.1, -0.05) is 70.2 Å². The normalized spacial score (nSPS) is 16.5. The molecule has 0 heterocycles. The zero-order valence-corrected chi connectivity index (χ0v) is 22.0. The van der Waals surface area contributed by atoms with Gasteiger partial charge in [0.1, 0.15) is 0 Å². The van der Waals surface area contributed by atoms with Crippen LogP contribution < -0.4 is 15.8 Å². The third-order valence-electron chi connectivity index (χ3n) is 5.83. The van der Waals surface area contributed by atoms with Gasteiger partial charge in [0.15, 0.2) is 0 Å². The fraction of sp³-hybridized carbons (Fsp3) is 0.696. The van der Waals surface area contributed by atoms with E-state index < -0.39 is 22.0 Å². The molecule has 0 radical (unpaired) electrons. The number of carbonyl (C=O) groups is 1. The molecule has 1 unspecified atom stereocenters. The second-order valence-electron chi connectivity index (χ2n) is 9.25. The van der Waals surface area contributed by atoms with Crippen LogP contribution in [0.1, 0.15) is 76.8 Å². The van der Waals surface area contributed by atoms with Gasteiger partial charge in [0.2, 0.25) is 15.9 Å². The molecule has 1 amide bonds. The van der Waals surface area contributed by atoms with E-state index in [-0.39, 0.29) is 36.5 Å². The van der Waals surface area contributed by atoms with E-state index in [9.17, 15) is 13.2 Å². The van der Waals surface area contributed by atoms with Gasteiger partial charge in [0.25, 0.3) is 0 Å². The molecule has 1 saturated carbocycles. The Morgan fingerprint density at radius 3 is 2.25 bits per heavy atom. The number of amides is 1. The van der Waals surface area contributed by atoms with E-state index in [2.05, 4.69) is 17.0 Å². The maximum absolute atomic E-state index is 12.5. The first-order valence-corrected chi connectivity index (χ1v) is 12.9. The molecule has 0 saturated heterocycles. The predicted octanol–water partition coefficient (Wildman–Crippen LogP) is 4.30. The summed E-state index contributed by atoms with van der Waals surface area (Å²) in [6.07, 6.45) is 8.28. The highest BCUT2D eigenvalue weighted by atomic mass is 35.5. The van der Waals surface area contributed by atoms with Crippen molar-refractivity contribution >= 4 is 40.7 Å². The Hall–Kier alpha value is -0.860. The maximum Gasteiger partial charge on any atom is 0.250 e. The lowest BCUT2D eigenvalue weighted by Gasteiger charge is -2.25. The summed E-state index contributed by atoms with van der Waals surface area (Å²) in [7, 11) is -3.81. The van der Waals surface area contributed by atoms with Crippen LogP contribution in [0.4, 0.5) is 0 Å². The number of nitrogens with one attached hydrogen (secondary N) is 2. The Morgan fingerprint density at radius 1 is 1.06 bits per heavy atom. The highest BCUT2D eigenvalue weighted by Crippen LogP contribution is 2.27. The lowest BCUT2D eigenvalue weighted by atomic mass is 9.85. The van der Waals surface area contributed by atoms with Crippen molar-refractivity contribution in [2.24, 2.45) is 17.6 Å². The largest absolute Gasteiger partial charge is 0.320 e. The lowest BCUT2D eigenvalue weighted by molar-refractivity contribution is -0.120. The minimum atomic E-state index is -3.81. The number of hydrogen-bond donors (Lipinski definition) is 3. The van der Waals surface area contributed by atoms with E-state index in [0.717, 1.165) is 17.9 Å². The van der Waals surface area contributed by atoms with Crippen molar-refractivity contribution in [3.63, 3.8) is 0 Å². The number of rotatable bonds is 11. The predicted molar refractivity (Wildman–Crippen MR) is 137 cm³/mol. The molecule has 9 heteroatoms. The van der Waals surface area contributed by atoms with Gasteiger partial charge in [-0.05, 0) is 42.7 Å². The summed E-state index contributed by atoms with van der Waals surface area (Å²) in [5.41, 5.74) is 7.46. The third kappa shape index (κ3) is 11.3. The van der Waals surface area contributed by atoms with E-state index in [4.69, 9.17) is 5.73 Å². The molecule has 1 aliphatic carbocycles. The van der Waals surface area contributed by atoms with Crippen LogP contribution in [0.25, 0.3) is 0 Å². The van der Waals surface area contributed by atoms with Gasteiger partial charge in [0, 0.05) is 12.6 Å². The van der Waals surface area contributed by atoms with Crippen LogP contribution in [0, 0.1) is 11.8 Å². The minimum absolute atomic E-state index is 0. The molecule has 186 valence electrons. The van der Waals surface area contributed by atoms with Gasteiger partial charge in [0.05, 0.1) is 11.8 Å². The van der Waals surface area contributed by atoms with Crippen molar-refractivity contribution in [3.05, 3.63) is 35.4 Å². The molecule has 0 spiro atoms. The molecule has 1 fully saturated rings. The summed E-state index contributed by atoms with van der Waals surface area (Å²) in [6, 6.07) is 7.05. The minimum Gasteiger partial charge on any atom is -0.320 e. The fourth-order valence-corrected chi connectivity index (χ4v) is 5.47. The van der Waals surface area contributed by atoms with Crippen LogP contribution in [0.2, 0.25) is 0 Å². The summed E-state index contributed by atoms with van der Waals surface area (Å²) in [5.74, 6) is 0.139. The van der Waals surface area contributed by atoms with Gasteiger partial charge in [-0.25, -0.2) is 8.42 Å². The van der Waals surface area contributed by atoms with Gasteiger partial charge >= 0.3 is 0 Å². The second-order valence-corrected chi connectivity index (χ2v) is 11.0. The van der Waals surface area contributed by atoms with E-state index >= 15 is 0 Å². The Morgan fingerprint density at radius 2 is 1.66 bits per heavy atom. The van der Waals surface area contributed by atoms with E-state index in [0.29, 0.717) is 24.6 Å². The number of carbonyl (C=O) groups excluding carboxylic acids is 1. The quantitative estimate of drug-likeness (QED) is 0.412. The highest BCUT2D eigenvalue weighted by Gasteiger charge is 2.22. The zero-order valence-electron chi connectivity index (χ0n) is 19.5. The zero-order chi connectivity index (χ0) is 22.1. The van der Waals surface area contributed by atoms with Crippen molar-refractivity contribution < 1.29 is 13.2 Å². The second kappa shape index (κ2) is 15.1. The van der Waals surface area contributed by atoms with Crippen molar-refractivity contribution in [3.8, 4) is 0 Å². The van der Waals surface area contributed by atoms with Crippen LogP contribution in [0.3, 0.4) is 0 Å². The summed E-state index contributed by atoms with van der Waals surface area (Å²) >= 11 is 0. The molecule has 1 aromatic carbocycles. The Kier molecular flexibility index (Phi) is 14.7. The first kappa shape index (κ1) is 31.1. The first-order chi connectivity index (χ1) is 14.2. The van der Waals surface area contributed by atoms with E-state index in [1.165, 1.54) is 32.1 Å². The summed E-state index contributed by atoms with van der Waals surface area (Å²) < 4.78 is 27.2. The number of hydrogen-bond acceptors (Lipinski definition) is 5. The number of nitrogens with two attached hydrogens (primary N) is 1. The molecule has 0 aromatic heterocycles. The summed E-state index contributed by atoms with van der Waals surface area (Å²) in [5, 5.41) is 3.55. The fourth-order valence-electron chi connectivity index (χ4n) is 4.25. The molecule has 4 N–H and O–H groups in total. The number of benzene rings is 1. The van der Waals surface area contributed by atoms with Gasteiger partial charge in [-0.2, -0.15) is 0 Å². The summed E-state index contributed by atoms with van der Waals surface area (Å²) in [4.78, 5) is 12.1. The average molecular weight is 511 g/mol. The standard InChI is InChI=1S/C23H39N3O3S.2ClH/c1-17(2)13-22(24)23(27)26-30(28,29)16-21-12-8-7-11-20(21)15-25-18(3)14-19-9-5-4-6-10-19;;/h7-8,11-12,17-19,22,25H,4-6,9-10,13-16,24H2,1-3H3,(H,26,27);2*1H/t18?,22-;;/m0../s1. The molecule has 0 aliphatic heterocycles. The molecule has 1 aliphatic rings. The molecule has 1 aromatic rings. The van der Waals surface area contributed by atoms with Gasteiger partial charge in [-0.3, -0.25) is 9.52 Å². The molecule has 0 bridgehead atoms. The van der Waals surface area contributed by atoms with Crippen molar-refractivity contribution in [2.45, 2.75) is 90.1 Å². The third-order valence-corrected chi connectivity index (χ3v) is 7.04. The maximum atomic E-state index is 12.5. The summed E-state index contributed by atoms with van der Waals surface area (Å²) in [6.45, 7) is 6.70. The van der Waals surface area contributed by atoms with Crippen molar-refractivity contribution in [1.82, 2.24) is 10.0 Å². The average Bonchev–Trinajstić information content (AvgIpc) is 2.67. The van der Waals surface area contributed by atoms with Gasteiger partial charge < -0.3 is 11.1 Å². The molecule has 2 rings (SSSR count). The van der Waals surface area contributed by atoms with Gasteiger partial charge in [-0.15, -0.1) is 24.8 Å². The molecular weight excluding hydrogens is 469 g/mol. The lowest BCUT2D eigenvalue weighted by Crippen LogP contribution is -2.44. The van der Waals surface area contributed by atoms with E-state index in [1.54, 1.807) is 6.07 Å². The van der Waals surface area contributed by atoms with Crippen molar-refractivity contribution in [2.75, 3.05) is 0 Å². The monoisotopic (exact) mass is 509 g/mol. The smallest absolute Gasteiger partial charge is 0.250 e.